The van der Waals surface area contributed by atoms with Crippen molar-refractivity contribution in [1.29, 1.82) is 0 Å². The monoisotopic (exact) mass is 317 g/mol. The lowest BCUT2D eigenvalue weighted by Gasteiger charge is -2.11. The number of amides is 1. The van der Waals surface area contributed by atoms with Gasteiger partial charge in [-0.2, -0.15) is 0 Å². The van der Waals surface area contributed by atoms with Gasteiger partial charge in [-0.3, -0.25) is 9.59 Å². The van der Waals surface area contributed by atoms with Crippen LogP contribution in [0.4, 0.5) is 0 Å². The molecule has 1 aromatic carbocycles. The van der Waals surface area contributed by atoms with Crippen LogP contribution in [-0.2, 0) is 4.79 Å². The summed E-state index contributed by atoms with van der Waals surface area (Å²) in [6.07, 6.45) is 1.48. The lowest BCUT2D eigenvalue weighted by atomic mass is 10.0. The molecule has 0 fully saturated rings. The predicted octanol–water partition coefficient (Wildman–Crippen LogP) is 3.61. The van der Waals surface area contributed by atoms with E-state index in [9.17, 15) is 9.59 Å². The largest absolute Gasteiger partial charge is 0.481 e. The van der Waals surface area contributed by atoms with Crippen molar-refractivity contribution in [3.8, 4) is 0 Å². The van der Waals surface area contributed by atoms with E-state index in [4.69, 9.17) is 28.3 Å². The molecule has 0 aliphatic carbocycles. The van der Waals surface area contributed by atoms with Crippen molar-refractivity contribution >= 4 is 35.1 Å². The van der Waals surface area contributed by atoms with Crippen molar-refractivity contribution in [3.05, 3.63) is 33.8 Å². The summed E-state index contributed by atoms with van der Waals surface area (Å²) in [4.78, 5) is 22.3. The fourth-order valence-corrected chi connectivity index (χ4v) is 2.21. The highest BCUT2D eigenvalue weighted by Crippen LogP contribution is 2.20. The SMILES string of the molecule is CC(CCNC(=O)c1ccc(Cl)cc1Cl)CCC(=O)O. The molecule has 0 saturated heterocycles. The summed E-state index contributed by atoms with van der Waals surface area (Å²) in [7, 11) is 0. The normalized spacial score (nSPS) is 11.9. The van der Waals surface area contributed by atoms with Crippen LogP contribution in [0.2, 0.25) is 10.0 Å². The first kappa shape index (κ1) is 16.8. The standard InChI is InChI=1S/C14H17Cl2NO3/c1-9(2-5-13(18)19)6-7-17-14(20)11-4-3-10(15)8-12(11)16/h3-4,8-9H,2,5-7H2,1H3,(H,17,20)(H,18,19). The minimum Gasteiger partial charge on any atom is -0.481 e. The molecular weight excluding hydrogens is 301 g/mol. The van der Waals surface area contributed by atoms with Crippen molar-refractivity contribution in [2.75, 3.05) is 6.54 Å². The maximum absolute atomic E-state index is 11.9. The molecule has 0 bridgehead atoms. The van der Waals surface area contributed by atoms with Gasteiger partial charge in [0.25, 0.3) is 5.91 Å². The summed E-state index contributed by atoms with van der Waals surface area (Å²) in [5.74, 6) is -0.807. The first-order valence-electron chi connectivity index (χ1n) is 6.35. The Morgan fingerprint density at radius 3 is 2.60 bits per heavy atom. The van der Waals surface area contributed by atoms with Crippen LogP contribution in [0.25, 0.3) is 0 Å². The van der Waals surface area contributed by atoms with Crippen LogP contribution in [-0.4, -0.2) is 23.5 Å². The third-order valence-corrected chi connectivity index (χ3v) is 3.50. The van der Waals surface area contributed by atoms with Crippen LogP contribution >= 0.6 is 23.2 Å². The fourth-order valence-electron chi connectivity index (χ4n) is 1.72. The van der Waals surface area contributed by atoms with E-state index >= 15 is 0 Å². The quantitative estimate of drug-likeness (QED) is 0.807. The van der Waals surface area contributed by atoms with E-state index in [1.807, 2.05) is 6.92 Å². The molecule has 110 valence electrons. The minimum atomic E-state index is -0.797. The smallest absolute Gasteiger partial charge is 0.303 e. The molecular formula is C14H17Cl2NO3. The Morgan fingerprint density at radius 1 is 1.30 bits per heavy atom. The number of aliphatic carboxylic acids is 1. The van der Waals surface area contributed by atoms with Crippen LogP contribution in [0.5, 0.6) is 0 Å². The Morgan fingerprint density at radius 2 is 2.00 bits per heavy atom. The lowest BCUT2D eigenvalue weighted by Crippen LogP contribution is -2.26. The van der Waals surface area contributed by atoms with E-state index in [0.29, 0.717) is 28.6 Å². The van der Waals surface area contributed by atoms with E-state index < -0.39 is 5.97 Å². The van der Waals surface area contributed by atoms with Crippen LogP contribution in [0.15, 0.2) is 18.2 Å². The molecule has 0 heterocycles. The highest BCUT2D eigenvalue weighted by molar-refractivity contribution is 6.36. The van der Waals surface area contributed by atoms with Gasteiger partial charge in [0.05, 0.1) is 10.6 Å². The van der Waals surface area contributed by atoms with E-state index in [0.717, 1.165) is 6.42 Å². The average Bonchev–Trinajstić information content (AvgIpc) is 2.36. The maximum atomic E-state index is 11.9. The van der Waals surface area contributed by atoms with Gasteiger partial charge in [-0.25, -0.2) is 0 Å². The van der Waals surface area contributed by atoms with Crippen molar-refractivity contribution in [2.45, 2.75) is 26.2 Å². The van der Waals surface area contributed by atoms with Gasteiger partial charge in [0.1, 0.15) is 0 Å². The number of halogens is 2. The van der Waals surface area contributed by atoms with Gasteiger partial charge in [-0.1, -0.05) is 30.1 Å². The van der Waals surface area contributed by atoms with Gasteiger partial charge >= 0.3 is 5.97 Å². The predicted molar refractivity (Wildman–Crippen MR) is 79.4 cm³/mol. The Bertz CT molecular complexity index is 491. The minimum absolute atomic E-state index is 0.151. The zero-order chi connectivity index (χ0) is 15.1. The van der Waals surface area contributed by atoms with Gasteiger partial charge < -0.3 is 10.4 Å². The van der Waals surface area contributed by atoms with Crippen molar-refractivity contribution in [2.24, 2.45) is 5.92 Å². The van der Waals surface area contributed by atoms with Crippen molar-refractivity contribution in [1.82, 2.24) is 5.32 Å². The molecule has 1 amide bonds. The topological polar surface area (TPSA) is 66.4 Å². The second-order valence-corrected chi connectivity index (χ2v) is 5.55. The maximum Gasteiger partial charge on any atom is 0.303 e. The van der Waals surface area contributed by atoms with Crippen LogP contribution in [0, 0.1) is 5.92 Å². The first-order valence-corrected chi connectivity index (χ1v) is 7.10. The molecule has 4 nitrogen and oxygen atoms in total. The summed E-state index contributed by atoms with van der Waals surface area (Å²) in [6, 6.07) is 4.71. The number of nitrogens with one attached hydrogen (secondary N) is 1. The van der Waals surface area contributed by atoms with Crippen LogP contribution < -0.4 is 5.32 Å². The Labute approximate surface area is 128 Å². The molecule has 0 aliphatic heterocycles. The second-order valence-electron chi connectivity index (χ2n) is 4.71. The number of carbonyl (C=O) groups excluding carboxylic acids is 1. The summed E-state index contributed by atoms with van der Waals surface area (Å²) in [5, 5.41) is 12.1. The molecule has 1 atom stereocenters. The molecule has 0 radical (unpaired) electrons. The molecule has 1 rings (SSSR count). The van der Waals surface area contributed by atoms with Gasteiger partial charge in [0.2, 0.25) is 0 Å². The lowest BCUT2D eigenvalue weighted by molar-refractivity contribution is -0.137. The van der Waals surface area contributed by atoms with E-state index in [2.05, 4.69) is 5.32 Å². The number of carboxylic acid groups (broad SMARTS) is 1. The van der Waals surface area contributed by atoms with Gasteiger partial charge in [0.15, 0.2) is 0 Å². The van der Waals surface area contributed by atoms with Crippen LogP contribution in [0.1, 0.15) is 36.5 Å². The zero-order valence-corrected chi connectivity index (χ0v) is 12.7. The molecule has 6 heteroatoms. The van der Waals surface area contributed by atoms with Gasteiger partial charge in [-0.15, -0.1) is 0 Å². The molecule has 0 aliphatic rings. The number of benzene rings is 1. The third kappa shape index (κ3) is 5.80. The van der Waals surface area contributed by atoms with Gasteiger partial charge in [0, 0.05) is 18.0 Å². The van der Waals surface area contributed by atoms with Crippen molar-refractivity contribution in [3.63, 3.8) is 0 Å². The zero-order valence-electron chi connectivity index (χ0n) is 11.2. The number of carbonyl (C=O) groups is 2. The highest BCUT2D eigenvalue weighted by Gasteiger charge is 2.11. The summed E-state index contributed by atoms with van der Waals surface area (Å²) in [6.45, 7) is 2.45. The molecule has 1 aromatic rings. The molecule has 0 spiro atoms. The summed E-state index contributed by atoms with van der Waals surface area (Å²) < 4.78 is 0. The molecule has 0 saturated carbocycles. The second kappa shape index (κ2) is 8.12. The number of hydrogen-bond donors (Lipinski definition) is 2. The molecule has 0 aromatic heterocycles. The molecule has 1 unspecified atom stereocenters. The van der Waals surface area contributed by atoms with E-state index in [1.54, 1.807) is 12.1 Å². The Hall–Kier alpha value is -1.26. The Kier molecular flexibility index (Phi) is 6.82. The van der Waals surface area contributed by atoms with E-state index in [-0.39, 0.29) is 18.2 Å². The molecule has 2 N–H and O–H groups in total. The van der Waals surface area contributed by atoms with Crippen molar-refractivity contribution < 1.29 is 14.7 Å². The fraction of sp³-hybridized carbons (Fsp3) is 0.429. The summed E-state index contributed by atoms with van der Waals surface area (Å²) in [5.41, 5.74) is 0.384. The first-order chi connectivity index (χ1) is 9.40. The number of rotatable bonds is 7. The third-order valence-electron chi connectivity index (χ3n) is 2.95. The number of hydrogen-bond acceptors (Lipinski definition) is 2. The average molecular weight is 318 g/mol. The number of carboxylic acids is 1. The Balaban J connectivity index is 2.38. The van der Waals surface area contributed by atoms with Gasteiger partial charge in [-0.05, 0) is 37.0 Å². The highest BCUT2D eigenvalue weighted by atomic mass is 35.5. The summed E-state index contributed by atoms with van der Waals surface area (Å²) >= 11 is 11.7. The molecule has 20 heavy (non-hydrogen) atoms. The van der Waals surface area contributed by atoms with Crippen LogP contribution in [0.3, 0.4) is 0 Å². The van der Waals surface area contributed by atoms with E-state index in [1.165, 1.54) is 6.07 Å².